The van der Waals surface area contributed by atoms with Crippen molar-refractivity contribution in [2.75, 3.05) is 5.32 Å². The van der Waals surface area contributed by atoms with Crippen LogP contribution in [0.15, 0.2) is 12.1 Å². The van der Waals surface area contributed by atoms with Crippen molar-refractivity contribution in [2.24, 2.45) is 5.92 Å². The summed E-state index contributed by atoms with van der Waals surface area (Å²) >= 11 is 0. The minimum Gasteiger partial charge on any atom is -0.324 e. The van der Waals surface area contributed by atoms with Gasteiger partial charge in [0.25, 0.3) is 0 Å². The second-order valence-corrected chi connectivity index (χ2v) is 5.67. The fraction of sp³-hybridized carbons (Fsp3) is 0.533. The maximum atomic E-state index is 12.1. The lowest BCUT2D eigenvalue weighted by molar-refractivity contribution is -0.117. The molecule has 1 aliphatic heterocycles. The van der Waals surface area contributed by atoms with Gasteiger partial charge < -0.3 is 5.32 Å². The Labute approximate surface area is 109 Å². The molecule has 0 aliphatic carbocycles. The molecule has 0 spiro atoms. The molecule has 3 nitrogen and oxygen atoms in total. The Morgan fingerprint density at radius 2 is 1.89 bits per heavy atom. The van der Waals surface area contributed by atoms with E-state index in [0.29, 0.717) is 12.0 Å². The maximum absolute atomic E-state index is 12.1. The van der Waals surface area contributed by atoms with Crippen LogP contribution in [0.1, 0.15) is 43.5 Å². The number of hydrogen-bond acceptors (Lipinski definition) is 2. The highest BCUT2D eigenvalue weighted by Gasteiger charge is 2.32. The van der Waals surface area contributed by atoms with E-state index in [1.54, 1.807) is 0 Å². The molecule has 0 bridgehead atoms. The normalized spacial score (nSPS) is 19.9. The number of hydrogen-bond donors (Lipinski definition) is 2. The SMILES string of the molecule is Cc1cc(C)c2c(c1)C(NC(C)C(C)C)C(=O)N2. The fourth-order valence-corrected chi connectivity index (χ4v) is 2.36. The molecule has 0 saturated heterocycles. The van der Waals surface area contributed by atoms with Crippen molar-refractivity contribution >= 4 is 11.6 Å². The molecule has 1 amide bonds. The van der Waals surface area contributed by atoms with Crippen LogP contribution >= 0.6 is 0 Å². The van der Waals surface area contributed by atoms with Crippen LogP contribution in [-0.4, -0.2) is 11.9 Å². The van der Waals surface area contributed by atoms with Gasteiger partial charge in [-0.3, -0.25) is 10.1 Å². The van der Waals surface area contributed by atoms with Gasteiger partial charge >= 0.3 is 0 Å². The Balaban J connectivity index is 2.33. The van der Waals surface area contributed by atoms with Gasteiger partial charge in [-0.1, -0.05) is 31.5 Å². The van der Waals surface area contributed by atoms with Crippen molar-refractivity contribution in [3.63, 3.8) is 0 Å². The summed E-state index contributed by atoms with van der Waals surface area (Å²) in [7, 11) is 0. The fourth-order valence-electron chi connectivity index (χ4n) is 2.36. The molecule has 0 fully saturated rings. The first-order valence-electron chi connectivity index (χ1n) is 6.58. The molecule has 0 saturated carbocycles. The minimum absolute atomic E-state index is 0.0613. The van der Waals surface area contributed by atoms with Gasteiger partial charge in [0, 0.05) is 17.3 Å². The molecule has 2 unspecified atom stereocenters. The van der Waals surface area contributed by atoms with Crippen LogP contribution in [0.5, 0.6) is 0 Å². The Hall–Kier alpha value is -1.35. The third kappa shape index (κ3) is 2.27. The van der Waals surface area contributed by atoms with Gasteiger partial charge in [-0.2, -0.15) is 0 Å². The van der Waals surface area contributed by atoms with E-state index in [0.717, 1.165) is 16.8 Å². The van der Waals surface area contributed by atoms with E-state index in [1.807, 2.05) is 6.92 Å². The number of carbonyl (C=O) groups is 1. The largest absolute Gasteiger partial charge is 0.324 e. The summed E-state index contributed by atoms with van der Waals surface area (Å²) in [5, 5.41) is 6.41. The van der Waals surface area contributed by atoms with E-state index in [4.69, 9.17) is 0 Å². The number of aryl methyl sites for hydroxylation is 2. The molecule has 1 heterocycles. The second-order valence-electron chi connectivity index (χ2n) is 5.67. The van der Waals surface area contributed by atoms with E-state index in [2.05, 4.69) is 50.5 Å². The smallest absolute Gasteiger partial charge is 0.246 e. The average Bonchev–Trinajstić information content (AvgIpc) is 2.57. The number of fused-ring (bicyclic) bond motifs is 1. The summed E-state index contributed by atoms with van der Waals surface area (Å²) < 4.78 is 0. The van der Waals surface area contributed by atoms with E-state index in [1.165, 1.54) is 5.56 Å². The first-order chi connectivity index (χ1) is 8.40. The summed E-state index contributed by atoms with van der Waals surface area (Å²) in [6.45, 7) is 10.6. The van der Waals surface area contributed by atoms with Gasteiger partial charge in [0.05, 0.1) is 0 Å². The first-order valence-corrected chi connectivity index (χ1v) is 6.58. The van der Waals surface area contributed by atoms with E-state index >= 15 is 0 Å². The standard InChI is InChI=1S/C15H22N2O/c1-8(2)11(5)16-14-12-7-9(3)6-10(4)13(12)17-15(14)18/h6-8,11,14,16H,1-5H3,(H,17,18). The summed E-state index contributed by atoms with van der Waals surface area (Å²) in [5.41, 5.74) is 4.41. The molecule has 98 valence electrons. The lowest BCUT2D eigenvalue weighted by atomic mass is 9.99. The molecule has 2 N–H and O–H groups in total. The zero-order chi connectivity index (χ0) is 13.4. The Morgan fingerprint density at radius 1 is 1.22 bits per heavy atom. The molecule has 1 aliphatic rings. The number of nitrogens with one attached hydrogen (secondary N) is 2. The summed E-state index contributed by atoms with van der Waals surface area (Å²) in [6.07, 6.45) is 0. The minimum atomic E-state index is -0.212. The van der Waals surface area contributed by atoms with Crippen molar-refractivity contribution in [3.05, 3.63) is 28.8 Å². The van der Waals surface area contributed by atoms with Crippen LogP contribution in [0.4, 0.5) is 5.69 Å². The van der Waals surface area contributed by atoms with E-state index in [9.17, 15) is 4.79 Å². The first kappa shape index (κ1) is 13.1. The number of benzene rings is 1. The molecule has 0 radical (unpaired) electrons. The molecular weight excluding hydrogens is 224 g/mol. The number of amides is 1. The average molecular weight is 246 g/mol. The summed E-state index contributed by atoms with van der Waals surface area (Å²) in [5.74, 6) is 0.568. The lowest BCUT2D eigenvalue weighted by Crippen LogP contribution is -2.37. The Morgan fingerprint density at radius 3 is 2.50 bits per heavy atom. The van der Waals surface area contributed by atoms with Crippen molar-refractivity contribution in [1.82, 2.24) is 5.32 Å². The zero-order valence-corrected chi connectivity index (χ0v) is 11.8. The summed E-state index contributed by atoms with van der Waals surface area (Å²) in [4.78, 5) is 12.1. The van der Waals surface area contributed by atoms with E-state index < -0.39 is 0 Å². The molecule has 2 atom stereocenters. The van der Waals surface area contributed by atoms with Crippen LogP contribution in [-0.2, 0) is 4.79 Å². The monoisotopic (exact) mass is 246 g/mol. The predicted molar refractivity (Wildman–Crippen MR) is 74.7 cm³/mol. The third-order valence-electron chi connectivity index (χ3n) is 3.76. The van der Waals surface area contributed by atoms with E-state index in [-0.39, 0.29) is 11.9 Å². The van der Waals surface area contributed by atoms with Crippen molar-refractivity contribution in [1.29, 1.82) is 0 Å². The molecule has 1 aromatic rings. The number of rotatable bonds is 3. The number of carbonyl (C=O) groups excluding carboxylic acids is 1. The van der Waals surface area contributed by atoms with Gasteiger partial charge in [0.1, 0.15) is 6.04 Å². The molecule has 1 aromatic carbocycles. The number of anilines is 1. The van der Waals surface area contributed by atoms with Crippen molar-refractivity contribution < 1.29 is 4.79 Å². The van der Waals surface area contributed by atoms with Gasteiger partial charge in [0.15, 0.2) is 0 Å². The quantitative estimate of drug-likeness (QED) is 0.861. The zero-order valence-electron chi connectivity index (χ0n) is 11.8. The highest BCUT2D eigenvalue weighted by Crippen LogP contribution is 2.35. The molecule has 2 rings (SSSR count). The van der Waals surface area contributed by atoms with Gasteiger partial charge in [-0.25, -0.2) is 0 Å². The van der Waals surface area contributed by atoms with Crippen molar-refractivity contribution in [3.8, 4) is 0 Å². The van der Waals surface area contributed by atoms with Crippen LogP contribution < -0.4 is 10.6 Å². The van der Waals surface area contributed by atoms with Crippen LogP contribution in [0, 0.1) is 19.8 Å². The molecular formula is C15H22N2O. The maximum Gasteiger partial charge on any atom is 0.246 e. The Kier molecular flexibility index (Phi) is 3.44. The highest BCUT2D eigenvalue weighted by molar-refractivity contribution is 6.03. The Bertz CT molecular complexity index is 480. The second kappa shape index (κ2) is 4.73. The lowest BCUT2D eigenvalue weighted by Gasteiger charge is -2.21. The van der Waals surface area contributed by atoms with Crippen LogP contribution in [0.2, 0.25) is 0 Å². The van der Waals surface area contributed by atoms with Crippen molar-refractivity contribution in [2.45, 2.75) is 46.7 Å². The van der Waals surface area contributed by atoms with Gasteiger partial charge in [-0.15, -0.1) is 0 Å². The molecule has 18 heavy (non-hydrogen) atoms. The highest BCUT2D eigenvalue weighted by atomic mass is 16.2. The third-order valence-corrected chi connectivity index (χ3v) is 3.76. The van der Waals surface area contributed by atoms with Gasteiger partial charge in [0.2, 0.25) is 5.91 Å². The van der Waals surface area contributed by atoms with Crippen LogP contribution in [0.3, 0.4) is 0 Å². The topological polar surface area (TPSA) is 41.1 Å². The predicted octanol–water partition coefficient (Wildman–Crippen LogP) is 2.93. The molecule has 0 aromatic heterocycles. The molecule has 3 heteroatoms. The van der Waals surface area contributed by atoms with Crippen LogP contribution in [0.25, 0.3) is 0 Å². The van der Waals surface area contributed by atoms with Gasteiger partial charge in [-0.05, 0) is 32.3 Å². The summed E-state index contributed by atoms with van der Waals surface area (Å²) in [6, 6.07) is 4.31.